The maximum absolute atomic E-state index is 13.2. The lowest BCUT2D eigenvalue weighted by Crippen LogP contribution is -3.14. The number of fused-ring (bicyclic) bond motifs is 1. The van der Waals surface area contributed by atoms with Crippen molar-refractivity contribution in [2.75, 3.05) is 46.1 Å². The van der Waals surface area contributed by atoms with Crippen LogP contribution in [0.1, 0.15) is 17.2 Å². The van der Waals surface area contributed by atoms with Gasteiger partial charge in [0.2, 0.25) is 10.0 Å². The second-order valence-electron chi connectivity index (χ2n) is 7.46. The maximum atomic E-state index is 13.2. The van der Waals surface area contributed by atoms with E-state index >= 15 is 0 Å². The first-order chi connectivity index (χ1) is 14.0. The molecular formula is C21H27N2O5S+. The highest BCUT2D eigenvalue weighted by Gasteiger charge is 2.27. The Balaban J connectivity index is 1.59. The zero-order chi connectivity index (χ0) is 20.3. The summed E-state index contributed by atoms with van der Waals surface area (Å²) >= 11 is 0. The molecule has 2 aromatic carbocycles. The maximum Gasteiger partial charge on any atom is 0.241 e. The molecule has 1 fully saturated rings. The van der Waals surface area contributed by atoms with Crippen LogP contribution in [0.2, 0.25) is 0 Å². The van der Waals surface area contributed by atoms with Crippen LogP contribution >= 0.6 is 0 Å². The van der Waals surface area contributed by atoms with Crippen LogP contribution in [0, 0.1) is 6.92 Å². The Morgan fingerprint density at radius 2 is 1.66 bits per heavy atom. The van der Waals surface area contributed by atoms with Crippen LogP contribution in [0.5, 0.6) is 11.5 Å². The highest BCUT2D eigenvalue weighted by Crippen LogP contribution is 2.32. The molecule has 4 rings (SSSR count). The molecule has 29 heavy (non-hydrogen) atoms. The van der Waals surface area contributed by atoms with Gasteiger partial charge >= 0.3 is 0 Å². The van der Waals surface area contributed by atoms with Crippen molar-refractivity contribution >= 4 is 10.0 Å². The molecule has 2 heterocycles. The van der Waals surface area contributed by atoms with Crippen LogP contribution in [0.25, 0.3) is 0 Å². The monoisotopic (exact) mass is 419 g/mol. The van der Waals surface area contributed by atoms with Crippen molar-refractivity contribution in [1.29, 1.82) is 0 Å². The molecule has 0 spiro atoms. The van der Waals surface area contributed by atoms with Crippen LogP contribution in [-0.2, 0) is 14.8 Å². The van der Waals surface area contributed by atoms with E-state index < -0.39 is 10.0 Å². The van der Waals surface area contributed by atoms with Gasteiger partial charge in [-0.3, -0.25) is 0 Å². The van der Waals surface area contributed by atoms with Gasteiger partial charge in [0.05, 0.1) is 30.7 Å². The number of nitrogens with one attached hydrogen (secondary N) is 2. The summed E-state index contributed by atoms with van der Waals surface area (Å²) in [5, 5.41) is 0. The predicted octanol–water partition coefficient (Wildman–Crippen LogP) is 0.701. The molecular weight excluding hydrogens is 392 g/mol. The van der Waals surface area contributed by atoms with Crippen LogP contribution in [0.15, 0.2) is 47.4 Å². The first-order valence-corrected chi connectivity index (χ1v) is 11.4. The summed E-state index contributed by atoms with van der Waals surface area (Å²) in [6.45, 7) is 6.70. The second kappa shape index (κ2) is 8.71. The highest BCUT2D eigenvalue weighted by atomic mass is 32.2. The summed E-state index contributed by atoms with van der Waals surface area (Å²) in [6.07, 6.45) is 0. The Morgan fingerprint density at radius 3 is 2.38 bits per heavy atom. The van der Waals surface area contributed by atoms with Crippen molar-refractivity contribution in [3.05, 3.63) is 53.6 Å². The molecule has 2 aliphatic rings. The lowest BCUT2D eigenvalue weighted by Gasteiger charge is -2.28. The lowest BCUT2D eigenvalue weighted by atomic mass is 10.1. The minimum Gasteiger partial charge on any atom is -0.486 e. The molecule has 2 aliphatic heterocycles. The molecule has 7 nitrogen and oxygen atoms in total. The molecule has 0 unspecified atom stereocenters. The van der Waals surface area contributed by atoms with Crippen molar-refractivity contribution in [3.8, 4) is 11.5 Å². The zero-order valence-corrected chi connectivity index (χ0v) is 17.3. The Hall–Kier alpha value is -2.13. The van der Waals surface area contributed by atoms with E-state index in [-0.39, 0.29) is 10.9 Å². The third-order valence-corrected chi connectivity index (χ3v) is 6.76. The summed E-state index contributed by atoms with van der Waals surface area (Å²) in [7, 11) is -3.73. The molecule has 0 aliphatic carbocycles. The zero-order valence-electron chi connectivity index (χ0n) is 16.5. The van der Waals surface area contributed by atoms with Gasteiger partial charge in [-0.1, -0.05) is 29.8 Å². The fourth-order valence-electron chi connectivity index (χ4n) is 3.63. The first-order valence-electron chi connectivity index (χ1n) is 9.91. The standard InChI is InChI=1S/C21H26N2O5S/c1-16-2-4-17(5-3-16)19(15-23-8-10-26-11-9-23)22-29(24,25)18-6-7-20-21(14-18)28-13-12-27-20/h2-7,14,19,22H,8-13,15H2,1H3/p+1/t19-/m1/s1. The predicted molar refractivity (Wildman–Crippen MR) is 108 cm³/mol. The fraction of sp³-hybridized carbons (Fsp3) is 0.429. The summed E-state index contributed by atoms with van der Waals surface area (Å²) in [5.41, 5.74) is 2.09. The SMILES string of the molecule is Cc1ccc([C@@H](C[NH+]2CCOCC2)NS(=O)(=O)c2ccc3c(c2)OCCO3)cc1. The topological polar surface area (TPSA) is 78.3 Å². The average molecular weight is 420 g/mol. The van der Waals surface area contributed by atoms with E-state index in [1.165, 1.54) is 11.0 Å². The first kappa shape index (κ1) is 20.2. The van der Waals surface area contributed by atoms with E-state index in [9.17, 15) is 8.42 Å². The minimum atomic E-state index is -3.73. The second-order valence-corrected chi connectivity index (χ2v) is 9.17. The van der Waals surface area contributed by atoms with Gasteiger partial charge in [-0.05, 0) is 24.6 Å². The van der Waals surface area contributed by atoms with Crippen molar-refractivity contribution in [2.45, 2.75) is 17.9 Å². The van der Waals surface area contributed by atoms with Gasteiger partial charge in [-0.15, -0.1) is 0 Å². The summed E-state index contributed by atoms with van der Waals surface area (Å²) in [4.78, 5) is 1.50. The summed E-state index contributed by atoms with van der Waals surface area (Å²) in [6, 6.07) is 12.4. The molecule has 156 valence electrons. The molecule has 2 N–H and O–H groups in total. The van der Waals surface area contributed by atoms with E-state index in [1.54, 1.807) is 12.1 Å². The third kappa shape index (κ3) is 4.90. The van der Waals surface area contributed by atoms with E-state index in [1.807, 2.05) is 31.2 Å². The Bertz CT molecular complexity index is 940. The Morgan fingerprint density at radius 1 is 0.966 bits per heavy atom. The quantitative estimate of drug-likeness (QED) is 0.721. The van der Waals surface area contributed by atoms with Gasteiger partial charge < -0.3 is 19.1 Å². The number of benzene rings is 2. The number of ether oxygens (including phenoxy) is 3. The summed E-state index contributed by atoms with van der Waals surface area (Å²) < 4.78 is 45.7. The molecule has 2 aromatic rings. The number of hydrogen-bond donors (Lipinski definition) is 2. The molecule has 0 bridgehead atoms. The number of rotatable bonds is 6. The molecule has 0 amide bonds. The molecule has 8 heteroatoms. The van der Waals surface area contributed by atoms with Crippen LogP contribution in [0.3, 0.4) is 0 Å². The van der Waals surface area contributed by atoms with E-state index in [0.29, 0.717) is 44.5 Å². The summed E-state index contributed by atoms with van der Waals surface area (Å²) in [5.74, 6) is 1.04. The van der Waals surface area contributed by atoms with Gasteiger partial charge in [0.15, 0.2) is 11.5 Å². The fourth-order valence-corrected chi connectivity index (χ4v) is 4.86. The van der Waals surface area contributed by atoms with Crippen molar-refractivity contribution in [2.24, 2.45) is 0 Å². The molecule has 0 aromatic heterocycles. The van der Waals surface area contributed by atoms with Gasteiger partial charge in [0, 0.05) is 6.07 Å². The Labute approximate surface area is 171 Å². The smallest absolute Gasteiger partial charge is 0.241 e. The third-order valence-electron chi connectivity index (χ3n) is 5.29. The normalized spacial score (nSPS) is 18.4. The lowest BCUT2D eigenvalue weighted by molar-refractivity contribution is -0.909. The molecule has 1 atom stereocenters. The van der Waals surface area contributed by atoms with Crippen molar-refractivity contribution in [1.82, 2.24) is 4.72 Å². The number of aryl methyl sites for hydroxylation is 1. The van der Waals surface area contributed by atoms with Crippen LogP contribution < -0.4 is 19.1 Å². The van der Waals surface area contributed by atoms with E-state index in [4.69, 9.17) is 14.2 Å². The van der Waals surface area contributed by atoms with E-state index in [2.05, 4.69) is 4.72 Å². The number of sulfonamides is 1. The Kier molecular flexibility index (Phi) is 6.05. The van der Waals surface area contributed by atoms with Crippen molar-refractivity contribution < 1.29 is 27.5 Å². The number of quaternary nitrogens is 1. The van der Waals surface area contributed by atoms with Gasteiger partial charge in [0.25, 0.3) is 0 Å². The molecule has 0 saturated carbocycles. The van der Waals surface area contributed by atoms with Gasteiger partial charge in [-0.2, -0.15) is 4.72 Å². The highest BCUT2D eigenvalue weighted by molar-refractivity contribution is 7.89. The average Bonchev–Trinajstić information content (AvgIpc) is 2.74. The molecule has 0 radical (unpaired) electrons. The van der Waals surface area contributed by atoms with Crippen LogP contribution in [0.4, 0.5) is 0 Å². The molecule has 1 saturated heterocycles. The van der Waals surface area contributed by atoms with Gasteiger partial charge in [-0.25, -0.2) is 8.42 Å². The minimum absolute atomic E-state index is 0.177. The van der Waals surface area contributed by atoms with Gasteiger partial charge in [0.1, 0.15) is 26.3 Å². The number of morpholine rings is 1. The largest absolute Gasteiger partial charge is 0.486 e. The van der Waals surface area contributed by atoms with Crippen LogP contribution in [-0.4, -0.2) is 54.5 Å². The number of hydrogen-bond acceptors (Lipinski definition) is 5. The van der Waals surface area contributed by atoms with Crippen molar-refractivity contribution in [3.63, 3.8) is 0 Å². The van der Waals surface area contributed by atoms with E-state index in [0.717, 1.165) is 24.2 Å².